The number of nitrogens with one attached hydrogen (secondary N) is 1. The minimum absolute atomic E-state index is 0.133. The summed E-state index contributed by atoms with van der Waals surface area (Å²) in [7, 11) is 0. The van der Waals surface area contributed by atoms with Crippen LogP contribution >= 0.6 is 0 Å². The number of carbonyl (C=O) groups excluding carboxylic acids is 1. The maximum Gasteiger partial charge on any atom is 0.405 e. The number of halogens is 1. The molecule has 1 rings (SSSR count). The Morgan fingerprint density at radius 1 is 1.39 bits per heavy atom. The van der Waals surface area contributed by atoms with Crippen molar-refractivity contribution >= 4 is 11.9 Å². The molecule has 1 aromatic rings. The fraction of sp³-hybridized carbons (Fsp3) is 0.231. The van der Waals surface area contributed by atoms with Gasteiger partial charge in [0.05, 0.1) is 5.54 Å². The Labute approximate surface area is 104 Å². The lowest BCUT2D eigenvalue weighted by Gasteiger charge is -2.16. The van der Waals surface area contributed by atoms with Gasteiger partial charge in [-0.25, -0.2) is 9.18 Å². The summed E-state index contributed by atoms with van der Waals surface area (Å²) in [6.45, 7) is 3.04. The molecule has 18 heavy (non-hydrogen) atoms. The first-order valence-corrected chi connectivity index (χ1v) is 5.14. The van der Waals surface area contributed by atoms with Gasteiger partial charge in [-0.2, -0.15) is 0 Å². The lowest BCUT2D eigenvalue weighted by atomic mass is 10.1. The van der Waals surface area contributed by atoms with Crippen LogP contribution in [-0.4, -0.2) is 22.5 Å². The number of carboxylic acid groups (broad SMARTS) is 1. The van der Waals surface area contributed by atoms with Gasteiger partial charge < -0.3 is 10.4 Å². The third-order valence-electron chi connectivity index (χ3n) is 1.99. The van der Waals surface area contributed by atoms with Crippen molar-refractivity contribution in [3.05, 3.63) is 35.6 Å². The Morgan fingerprint density at radius 2 is 2.06 bits per heavy atom. The zero-order chi connectivity index (χ0) is 13.8. The SMILES string of the molecule is CC(C)(C#CC(=O)c1cccc(F)c1)NC(=O)O. The van der Waals surface area contributed by atoms with Crippen molar-refractivity contribution in [1.82, 2.24) is 5.32 Å². The fourth-order valence-electron chi connectivity index (χ4n) is 1.21. The molecule has 4 nitrogen and oxygen atoms in total. The van der Waals surface area contributed by atoms with Crippen LogP contribution in [0.1, 0.15) is 24.2 Å². The second-order valence-corrected chi connectivity index (χ2v) is 4.14. The molecule has 94 valence electrons. The molecule has 0 bridgehead atoms. The van der Waals surface area contributed by atoms with E-state index in [1.807, 2.05) is 0 Å². The van der Waals surface area contributed by atoms with Crippen molar-refractivity contribution < 1.29 is 19.1 Å². The Morgan fingerprint density at radius 3 is 2.61 bits per heavy atom. The number of hydrogen-bond donors (Lipinski definition) is 2. The van der Waals surface area contributed by atoms with Gasteiger partial charge in [0.1, 0.15) is 5.82 Å². The second kappa shape index (κ2) is 5.32. The lowest BCUT2D eigenvalue weighted by molar-refractivity contribution is 0.105. The molecule has 0 radical (unpaired) electrons. The standard InChI is InChI=1S/C13H12FNO3/c1-13(2,15-12(17)18)7-6-11(16)9-4-3-5-10(14)8-9/h3-5,8,15H,1-2H3,(H,17,18). The van der Waals surface area contributed by atoms with E-state index in [0.717, 1.165) is 6.07 Å². The van der Waals surface area contributed by atoms with Gasteiger partial charge in [0.15, 0.2) is 0 Å². The molecular formula is C13H12FNO3. The number of ketones is 1. The molecule has 0 aliphatic carbocycles. The molecule has 0 saturated heterocycles. The second-order valence-electron chi connectivity index (χ2n) is 4.14. The minimum atomic E-state index is -1.23. The van der Waals surface area contributed by atoms with Crippen molar-refractivity contribution in [2.75, 3.05) is 0 Å². The molecule has 1 aromatic carbocycles. The number of Topliss-reactive ketones (excluding diaryl/α,β-unsaturated/α-hetero) is 1. The smallest absolute Gasteiger partial charge is 0.405 e. The van der Waals surface area contributed by atoms with Gasteiger partial charge in [-0.15, -0.1) is 0 Å². The number of carbonyl (C=O) groups is 2. The fourth-order valence-corrected chi connectivity index (χ4v) is 1.21. The molecule has 0 aliphatic heterocycles. The van der Waals surface area contributed by atoms with Crippen molar-refractivity contribution in [3.63, 3.8) is 0 Å². The van der Waals surface area contributed by atoms with Crippen molar-refractivity contribution in [3.8, 4) is 11.8 Å². The summed E-state index contributed by atoms with van der Waals surface area (Å²) in [5, 5.41) is 10.7. The molecule has 0 fully saturated rings. The molecule has 0 saturated carbocycles. The average Bonchev–Trinajstić information content (AvgIpc) is 2.24. The van der Waals surface area contributed by atoms with Gasteiger partial charge in [0.2, 0.25) is 5.78 Å². The molecule has 0 spiro atoms. The average molecular weight is 249 g/mol. The third kappa shape index (κ3) is 4.26. The minimum Gasteiger partial charge on any atom is -0.465 e. The summed E-state index contributed by atoms with van der Waals surface area (Å²) in [5.74, 6) is 3.70. The van der Waals surface area contributed by atoms with E-state index in [9.17, 15) is 14.0 Å². The van der Waals surface area contributed by atoms with Crippen LogP contribution in [0.4, 0.5) is 9.18 Å². The van der Waals surface area contributed by atoms with Gasteiger partial charge in [-0.1, -0.05) is 18.1 Å². The molecule has 2 N–H and O–H groups in total. The Hall–Kier alpha value is -2.35. The molecular weight excluding hydrogens is 237 g/mol. The summed E-state index contributed by atoms with van der Waals surface area (Å²) >= 11 is 0. The molecule has 0 atom stereocenters. The van der Waals surface area contributed by atoms with Gasteiger partial charge >= 0.3 is 6.09 Å². The summed E-state index contributed by atoms with van der Waals surface area (Å²) in [5.41, 5.74) is -0.914. The highest BCUT2D eigenvalue weighted by atomic mass is 19.1. The third-order valence-corrected chi connectivity index (χ3v) is 1.99. The maximum absolute atomic E-state index is 12.9. The van der Waals surface area contributed by atoms with E-state index in [-0.39, 0.29) is 5.56 Å². The van der Waals surface area contributed by atoms with Gasteiger partial charge in [-0.3, -0.25) is 4.79 Å². The van der Waals surface area contributed by atoms with Crippen LogP contribution in [0.25, 0.3) is 0 Å². The van der Waals surface area contributed by atoms with Crippen LogP contribution in [-0.2, 0) is 0 Å². The summed E-state index contributed by atoms with van der Waals surface area (Å²) in [6, 6.07) is 5.15. The zero-order valence-corrected chi connectivity index (χ0v) is 9.95. The zero-order valence-electron chi connectivity index (χ0n) is 9.95. The highest BCUT2D eigenvalue weighted by Gasteiger charge is 2.16. The first kappa shape index (κ1) is 13.7. The van der Waals surface area contributed by atoms with Crippen molar-refractivity contribution in [2.45, 2.75) is 19.4 Å². The van der Waals surface area contributed by atoms with E-state index < -0.39 is 23.2 Å². The van der Waals surface area contributed by atoms with Crippen LogP contribution in [0, 0.1) is 17.7 Å². The lowest BCUT2D eigenvalue weighted by Crippen LogP contribution is -2.41. The van der Waals surface area contributed by atoms with E-state index in [0.29, 0.717) is 0 Å². The quantitative estimate of drug-likeness (QED) is 0.479. The topological polar surface area (TPSA) is 66.4 Å². The van der Waals surface area contributed by atoms with Crippen molar-refractivity contribution in [1.29, 1.82) is 0 Å². The first-order chi connectivity index (χ1) is 8.30. The Kier molecular flexibility index (Phi) is 4.05. The highest BCUT2D eigenvalue weighted by molar-refractivity contribution is 6.09. The monoisotopic (exact) mass is 249 g/mol. The number of hydrogen-bond acceptors (Lipinski definition) is 2. The molecule has 0 aliphatic rings. The molecule has 0 unspecified atom stereocenters. The molecule has 5 heteroatoms. The predicted octanol–water partition coefficient (Wildman–Crippen LogP) is 2.06. The summed E-state index contributed by atoms with van der Waals surface area (Å²) in [4.78, 5) is 22.1. The van der Waals surface area contributed by atoms with E-state index in [2.05, 4.69) is 17.2 Å². The first-order valence-electron chi connectivity index (χ1n) is 5.14. The van der Waals surface area contributed by atoms with E-state index in [4.69, 9.17) is 5.11 Å². The predicted molar refractivity (Wildman–Crippen MR) is 63.7 cm³/mol. The summed E-state index contributed by atoms with van der Waals surface area (Å²) in [6.07, 6.45) is -1.23. The maximum atomic E-state index is 12.9. The van der Waals surface area contributed by atoms with Crippen LogP contribution in [0.15, 0.2) is 24.3 Å². The number of rotatable bonds is 2. The summed E-state index contributed by atoms with van der Waals surface area (Å²) < 4.78 is 12.9. The van der Waals surface area contributed by atoms with Gasteiger partial charge in [0, 0.05) is 5.56 Å². The highest BCUT2D eigenvalue weighted by Crippen LogP contribution is 2.05. The van der Waals surface area contributed by atoms with E-state index in [1.54, 1.807) is 0 Å². The molecule has 1 amide bonds. The normalized spacial score (nSPS) is 10.2. The van der Waals surface area contributed by atoms with Crippen LogP contribution in [0.5, 0.6) is 0 Å². The number of benzene rings is 1. The van der Waals surface area contributed by atoms with Crippen molar-refractivity contribution in [2.24, 2.45) is 0 Å². The van der Waals surface area contributed by atoms with Crippen LogP contribution < -0.4 is 5.32 Å². The van der Waals surface area contributed by atoms with E-state index >= 15 is 0 Å². The van der Waals surface area contributed by atoms with Crippen LogP contribution in [0.3, 0.4) is 0 Å². The van der Waals surface area contributed by atoms with Gasteiger partial charge in [0.25, 0.3) is 0 Å². The van der Waals surface area contributed by atoms with Crippen LogP contribution in [0.2, 0.25) is 0 Å². The number of amides is 1. The van der Waals surface area contributed by atoms with E-state index in [1.165, 1.54) is 32.0 Å². The van der Waals surface area contributed by atoms with Gasteiger partial charge in [-0.05, 0) is 31.9 Å². The Balaban J connectivity index is 2.86. The molecule has 0 aromatic heterocycles. The Bertz CT molecular complexity index is 541. The largest absolute Gasteiger partial charge is 0.465 e. The molecule has 0 heterocycles.